The maximum atomic E-state index is 12.6. The summed E-state index contributed by atoms with van der Waals surface area (Å²) in [6.45, 7) is 0.850. The molecule has 0 bridgehead atoms. The first kappa shape index (κ1) is 20.1. The smallest absolute Gasteiger partial charge is 0.387 e. The van der Waals surface area contributed by atoms with Crippen LogP contribution in [0.3, 0.4) is 0 Å². The Morgan fingerprint density at radius 1 is 1.25 bits per heavy atom. The maximum absolute atomic E-state index is 12.6. The van der Waals surface area contributed by atoms with Gasteiger partial charge < -0.3 is 4.74 Å². The quantitative estimate of drug-likeness (QED) is 0.586. The molecule has 28 heavy (non-hydrogen) atoms. The highest BCUT2D eigenvalue weighted by Crippen LogP contribution is 2.33. The molecule has 0 unspecified atom stereocenters. The van der Waals surface area contributed by atoms with Gasteiger partial charge in [0.1, 0.15) is 11.6 Å². The van der Waals surface area contributed by atoms with Crippen molar-refractivity contribution in [3.8, 4) is 17.0 Å². The van der Waals surface area contributed by atoms with Crippen molar-refractivity contribution in [2.75, 3.05) is 5.32 Å². The van der Waals surface area contributed by atoms with Crippen molar-refractivity contribution in [3.63, 3.8) is 0 Å². The number of benzene rings is 1. The van der Waals surface area contributed by atoms with E-state index in [0.717, 1.165) is 11.3 Å². The molecule has 0 aliphatic heterocycles. The number of rotatable bonds is 6. The Bertz CT molecular complexity index is 997. The van der Waals surface area contributed by atoms with E-state index in [2.05, 4.69) is 25.0 Å². The normalized spacial score (nSPS) is 11.1. The molecule has 2 aromatic heterocycles. The largest absolute Gasteiger partial charge is 0.434 e. The number of amides is 1. The van der Waals surface area contributed by atoms with E-state index >= 15 is 0 Å². The van der Waals surface area contributed by atoms with Crippen molar-refractivity contribution in [1.82, 2.24) is 15.0 Å². The fourth-order valence-electron chi connectivity index (χ4n) is 2.31. The molecule has 3 aromatic rings. The number of carbonyl (C=O) groups excluding carboxylic acids is 1. The van der Waals surface area contributed by atoms with E-state index in [0.29, 0.717) is 17.1 Å². The third-order valence-electron chi connectivity index (χ3n) is 3.60. The van der Waals surface area contributed by atoms with Gasteiger partial charge >= 0.3 is 6.61 Å². The van der Waals surface area contributed by atoms with Crippen LogP contribution in [0.15, 0.2) is 35.8 Å². The lowest BCUT2D eigenvalue weighted by Gasteiger charge is -2.08. The number of aromatic nitrogens is 3. The van der Waals surface area contributed by atoms with Gasteiger partial charge in [0, 0.05) is 16.9 Å². The zero-order chi connectivity index (χ0) is 20.3. The summed E-state index contributed by atoms with van der Waals surface area (Å²) in [6, 6.07) is 6.29. The molecule has 10 heteroatoms. The van der Waals surface area contributed by atoms with Gasteiger partial charge in [0.15, 0.2) is 10.8 Å². The first-order valence-corrected chi connectivity index (χ1v) is 9.44. The van der Waals surface area contributed by atoms with E-state index in [1.807, 2.05) is 13.8 Å². The van der Waals surface area contributed by atoms with Crippen molar-refractivity contribution in [3.05, 3.63) is 52.4 Å². The second kappa shape index (κ2) is 8.57. The second-order valence-corrected chi connectivity index (χ2v) is 7.21. The van der Waals surface area contributed by atoms with Gasteiger partial charge in [-0.3, -0.25) is 10.1 Å². The summed E-state index contributed by atoms with van der Waals surface area (Å²) < 4.78 is 29.7. The molecule has 3 rings (SSSR count). The molecule has 0 aliphatic carbocycles. The fourth-order valence-corrected chi connectivity index (χ4v) is 3.19. The Balaban J connectivity index is 1.83. The van der Waals surface area contributed by atoms with Crippen molar-refractivity contribution in [1.29, 1.82) is 0 Å². The van der Waals surface area contributed by atoms with Crippen LogP contribution in [0.1, 0.15) is 36.1 Å². The topological polar surface area (TPSA) is 77.0 Å². The number of hydrogen-bond donors (Lipinski definition) is 1. The summed E-state index contributed by atoms with van der Waals surface area (Å²) >= 11 is 7.18. The summed E-state index contributed by atoms with van der Waals surface area (Å²) in [5.41, 5.74) is 0.827. The van der Waals surface area contributed by atoms with Crippen LogP contribution < -0.4 is 10.1 Å². The molecule has 0 saturated heterocycles. The van der Waals surface area contributed by atoms with E-state index in [1.165, 1.54) is 12.3 Å². The number of para-hydroxylation sites is 1. The van der Waals surface area contributed by atoms with Gasteiger partial charge in [-0.15, -0.1) is 11.3 Å². The summed E-state index contributed by atoms with van der Waals surface area (Å²) in [5.74, 6) is -0.0116. The van der Waals surface area contributed by atoms with E-state index in [1.54, 1.807) is 23.6 Å². The maximum Gasteiger partial charge on any atom is 0.387 e. The highest BCUT2D eigenvalue weighted by atomic mass is 35.5. The number of nitrogens with one attached hydrogen (secondary N) is 1. The van der Waals surface area contributed by atoms with Crippen LogP contribution in [0, 0.1) is 0 Å². The van der Waals surface area contributed by atoms with Gasteiger partial charge in [-0.2, -0.15) is 8.78 Å². The molecular weight excluding hydrogens is 410 g/mol. The Morgan fingerprint density at radius 2 is 2.00 bits per heavy atom. The minimum atomic E-state index is -2.95. The molecule has 1 amide bonds. The third-order valence-corrected chi connectivity index (χ3v) is 4.63. The average Bonchev–Trinajstić information content (AvgIpc) is 3.10. The van der Waals surface area contributed by atoms with Crippen LogP contribution in [-0.4, -0.2) is 27.5 Å². The number of halogens is 3. The number of hydrogen-bond acceptors (Lipinski definition) is 6. The van der Waals surface area contributed by atoms with Crippen LogP contribution in [0.25, 0.3) is 11.3 Å². The van der Waals surface area contributed by atoms with Crippen molar-refractivity contribution >= 4 is 34.0 Å². The summed E-state index contributed by atoms with van der Waals surface area (Å²) in [4.78, 5) is 25.1. The van der Waals surface area contributed by atoms with E-state index in [-0.39, 0.29) is 27.5 Å². The first-order valence-electron chi connectivity index (χ1n) is 8.18. The molecular formula is C18H15ClF2N4O2S. The van der Waals surface area contributed by atoms with Gasteiger partial charge in [-0.25, -0.2) is 15.0 Å². The molecule has 0 saturated carbocycles. The molecule has 0 radical (unpaired) electrons. The molecule has 6 nitrogen and oxygen atoms in total. The predicted molar refractivity (Wildman–Crippen MR) is 103 cm³/mol. The van der Waals surface area contributed by atoms with Crippen LogP contribution in [-0.2, 0) is 0 Å². The minimum Gasteiger partial charge on any atom is -0.434 e. The zero-order valence-corrected chi connectivity index (χ0v) is 16.4. The van der Waals surface area contributed by atoms with Crippen molar-refractivity contribution < 1.29 is 18.3 Å². The molecule has 0 aliphatic rings. The van der Waals surface area contributed by atoms with E-state index in [9.17, 15) is 13.6 Å². The number of nitrogens with zero attached hydrogens (tertiary/aromatic N) is 3. The fraction of sp³-hybridized carbons (Fsp3) is 0.222. The zero-order valence-electron chi connectivity index (χ0n) is 14.8. The van der Waals surface area contributed by atoms with Gasteiger partial charge in [-0.1, -0.05) is 37.6 Å². The van der Waals surface area contributed by atoms with Gasteiger partial charge in [-0.05, 0) is 12.1 Å². The Hall–Kier alpha value is -2.65. The van der Waals surface area contributed by atoms with Crippen LogP contribution in [0.4, 0.5) is 13.9 Å². The van der Waals surface area contributed by atoms with Crippen LogP contribution in [0.5, 0.6) is 5.75 Å². The molecule has 146 valence electrons. The summed E-state index contributed by atoms with van der Waals surface area (Å²) in [5, 5.41) is 4.64. The van der Waals surface area contributed by atoms with Gasteiger partial charge in [0.05, 0.1) is 16.9 Å². The van der Waals surface area contributed by atoms with Gasteiger partial charge in [0.25, 0.3) is 5.91 Å². The third kappa shape index (κ3) is 4.60. The van der Waals surface area contributed by atoms with Crippen LogP contribution >= 0.6 is 22.9 Å². The van der Waals surface area contributed by atoms with Crippen LogP contribution in [0.2, 0.25) is 5.02 Å². The lowest BCUT2D eigenvalue weighted by atomic mass is 10.1. The standard InChI is InChI=1S/C18H15ClF2N4O2S/c1-9(2)15-22-7-11(19)14(24-15)16(26)25-18-23-12(8-28-18)10-5-3-4-6-13(10)27-17(20)21/h3-9,17H,1-2H3,(H,23,25,26). The Kier molecular flexibility index (Phi) is 6.15. The molecule has 2 heterocycles. The predicted octanol–water partition coefficient (Wildman–Crippen LogP) is 5.23. The Morgan fingerprint density at radius 3 is 2.71 bits per heavy atom. The second-order valence-electron chi connectivity index (χ2n) is 5.95. The molecule has 0 atom stereocenters. The molecule has 0 fully saturated rings. The molecule has 0 spiro atoms. The number of thiazole rings is 1. The molecule has 1 aromatic carbocycles. The lowest BCUT2D eigenvalue weighted by molar-refractivity contribution is -0.0494. The van der Waals surface area contributed by atoms with E-state index < -0.39 is 12.5 Å². The monoisotopic (exact) mass is 424 g/mol. The highest BCUT2D eigenvalue weighted by Gasteiger charge is 2.18. The van der Waals surface area contributed by atoms with E-state index in [4.69, 9.17) is 11.6 Å². The SMILES string of the molecule is CC(C)c1ncc(Cl)c(C(=O)Nc2nc(-c3ccccc3OC(F)F)cs2)n1. The average molecular weight is 425 g/mol. The summed E-state index contributed by atoms with van der Waals surface area (Å²) in [6.07, 6.45) is 1.38. The number of ether oxygens (including phenoxy) is 1. The lowest BCUT2D eigenvalue weighted by Crippen LogP contribution is -2.16. The molecule has 1 N–H and O–H groups in total. The number of anilines is 1. The van der Waals surface area contributed by atoms with Gasteiger partial charge in [0.2, 0.25) is 0 Å². The number of alkyl halides is 2. The first-order chi connectivity index (χ1) is 13.3. The summed E-state index contributed by atoms with van der Waals surface area (Å²) in [7, 11) is 0. The van der Waals surface area contributed by atoms with Crippen molar-refractivity contribution in [2.45, 2.75) is 26.4 Å². The number of carbonyl (C=O) groups is 1. The highest BCUT2D eigenvalue weighted by molar-refractivity contribution is 7.14. The Labute approximate surface area is 168 Å². The minimum absolute atomic E-state index is 0.00102. The van der Waals surface area contributed by atoms with Crippen molar-refractivity contribution in [2.24, 2.45) is 0 Å².